The molecule has 1 heterocycles. The van der Waals surface area contributed by atoms with E-state index >= 15 is 0 Å². The van der Waals surface area contributed by atoms with Gasteiger partial charge in [-0.05, 0) is 37.7 Å². The van der Waals surface area contributed by atoms with Crippen molar-refractivity contribution < 1.29 is 4.74 Å². The maximum Gasteiger partial charge on any atom is 0.0596 e. The SMILES string of the molecule is COCCNCC1(Cc2cc(C)nn2C)CCCCC1. The van der Waals surface area contributed by atoms with Crippen LogP contribution >= 0.6 is 0 Å². The van der Waals surface area contributed by atoms with Gasteiger partial charge in [-0.2, -0.15) is 5.10 Å². The van der Waals surface area contributed by atoms with Crippen LogP contribution in [0, 0.1) is 12.3 Å². The maximum absolute atomic E-state index is 5.13. The lowest BCUT2D eigenvalue weighted by Gasteiger charge is -2.37. The summed E-state index contributed by atoms with van der Waals surface area (Å²) < 4.78 is 7.18. The van der Waals surface area contributed by atoms with Crippen LogP contribution in [0.25, 0.3) is 0 Å². The van der Waals surface area contributed by atoms with Crippen LogP contribution in [0.1, 0.15) is 43.5 Å². The minimum atomic E-state index is 0.409. The standard InChI is InChI=1S/C16H29N3O/c1-14-11-15(19(2)18-14)12-16(7-5-4-6-8-16)13-17-9-10-20-3/h11,17H,4-10,12-13H2,1-3H3. The smallest absolute Gasteiger partial charge is 0.0596 e. The zero-order chi connectivity index (χ0) is 14.4. The highest BCUT2D eigenvalue weighted by Crippen LogP contribution is 2.38. The van der Waals surface area contributed by atoms with Crippen molar-refractivity contribution in [2.45, 2.75) is 45.4 Å². The van der Waals surface area contributed by atoms with Crippen LogP contribution in [-0.2, 0) is 18.2 Å². The van der Waals surface area contributed by atoms with Gasteiger partial charge in [-0.1, -0.05) is 19.3 Å². The summed E-state index contributed by atoms with van der Waals surface area (Å²) in [6, 6.07) is 2.24. The molecule has 0 radical (unpaired) electrons. The van der Waals surface area contributed by atoms with Crippen molar-refractivity contribution in [2.75, 3.05) is 26.8 Å². The van der Waals surface area contributed by atoms with Crippen molar-refractivity contribution in [3.8, 4) is 0 Å². The summed E-state index contributed by atoms with van der Waals surface area (Å²) in [4.78, 5) is 0. The summed E-state index contributed by atoms with van der Waals surface area (Å²) in [6.07, 6.45) is 7.93. The molecule has 1 N–H and O–H groups in total. The number of aryl methyl sites for hydroxylation is 2. The van der Waals surface area contributed by atoms with Crippen molar-refractivity contribution in [1.82, 2.24) is 15.1 Å². The first-order valence-corrected chi connectivity index (χ1v) is 7.84. The van der Waals surface area contributed by atoms with E-state index in [9.17, 15) is 0 Å². The Morgan fingerprint density at radius 2 is 2.10 bits per heavy atom. The van der Waals surface area contributed by atoms with Gasteiger partial charge in [-0.15, -0.1) is 0 Å². The van der Waals surface area contributed by atoms with Crippen molar-refractivity contribution in [1.29, 1.82) is 0 Å². The number of nitrogens with zero attached hydrogens (tertiary/aromatic N) is 2. The van der Waals surface area contributed by atoms with E-state index in [0.29, 0.717) is 5.41 Å². The number of rotatable bonds is 7. The van der Waals surface area contributed by atoms with Crippen LogP contribution in [0.3, 0.4) is 0 Å². The molecule has 114 valence electrons. The summed E-state index contributed by atoms with van der Waals surface area (Å²) in [5.41, 5.74) is 2.91. The first-order chi connectivity index (χ1) is 9.65. The van der Waals surface area contributed by atoms with E-state index in [1.165, 1.54) is 37.8 Å². The molecule has 1 aromatic rings. The van der Waals surface area contributed by atoms with E-state index in [0.717, 1.165) is 31.8 Å². The second-order valence-corrected chi connectivity index (χ2v) is 6.31. The van der Waals surface area contributed by atoms with Gasteiger partial charge in [0.2, 0.25) is 0 Å². The Morgan fingerprint density at radius 1 is 1.35 bits per heavy atom. The lowest BCUT2D eigenvalue weighted by Crippen LogP contribution is -2.39. The molecule has 1 fully saturated rings. The van der Waals surface area contributed by atoms with Gasteiger partial charge >= 0.3 is 0 Å². The third-order valence-corrected chi connectivity index (χ3v) is 4.55. The van der Waals surface area contributed by atoms with E-state index in [-0.39, 0.29) is 0 Å². The molecule has 0 unspecified atom stereocenters. The summed E-state index contributed by atoms with van der Waals surface area (Å²) in [6.45, 7) is 4.91. The summed E-state index contributed by atoms with van der Waals surface area (Å²) in [5, 5.41) is 8.08. The van der Waals surface area contributed by atoms with Gasteiger partial charge in [-0.3, -0.25) is 4.68 Å². The minimum Gasteiger partial charge on any atom is -0.383 e. The lowest BCUT2D eigenvalue weighted by molar-refractivity contribution is 0.160. The van der Waals surface area contributed by atoms with Crippen molar-refractivity contribution >= 4 is 0 Å². The predicted molar refractivity (Wildman–Crippen MR) is 81.9 cm³/mol. The molecule has 20 heavy (non-hydrogen) atoms. The van der Waals surface area contributed by atoms with Gasteiger partial charge < -0.3 is 10.1 Å². The van der Waals surface area contributed by atoms with E-state index in [1.54, 1.807) is 7.11 Å². The third-order valence-electron chi connectivity index (χ3n) is 4.55. The average Bonchev–Trinajstić information content (AvgIpc) is 2.74. The number of hydrogen-bond donors (Lipinski definition) is 1. The topological polar surface area (TPSA) is 39.1 Å². The Kier molecular flexibility index (Phi) is 5.61. The summed E-state index contributed by atoms with van der Waals surface area (Å²) in [7, 11) is 3.83. The van der Waals surface area contributed by atoms with E-state index in [4.69, 9.17) is 4.74 Å². The molecule has 0 amide bonds. The molecule has 1 aliphatic rings. The molecule has 0 aliphatic heterocycles. The number of methoxy groups -OCH3 is 1. The van der Waals surface area contributed by atoms with Crippen molar-refractivity contribution in [3.63, 3.8) is 0 Å². The molecular weight excluding hydrogens is 250 g/mol. The Bertz CT molecular complexity index is 408. The van der Waals surface area contributed by atoms with Gasteiger partial charge in [-0.25, -0.2) is 0 Å². The molecular formula is C16H29N3O. The molecule has 0 aromatic carbocycles. The van der Waals surface area contributed by atoms with Crippen molar-refractivity contribution in [3.05, 3.63) is 17.5 Å². The fourth-order valence-electron chi connectivity index (χ4n) is 3.46. The lowest BCUT2D eigenvalue weighted by atomic mass is 9.71. The van der Waals surface area contributed by atoms with Gasteiger partial charge in [0, 0.05) is 32.9 Å². The van der Waals surface area contributed by atoms with Crippen LogP contribution in [-0.4, -0.2) is 36.6 Å². The Hall–Kier alpha value is -0.870. The second kappa shape index (κ2) is 7.23. The average molecular weight is 279 g/mol. The van der Waals surface area contributed by atoms with E-state index < -0.39 is 0 Å². The molecule has 4 heteroatoms. The molecule has 1 aromatic heterocycles. The van der Waals surface area contributed by atoms with Gasteiger partial charge in [0.05, 0.1) is 12.3 Å². The highest BCUT2D eigenvalue weighted by Gasteiger charge is 2.32. The van der Waals surface area contributed by atoms with Crippen molar-refractivity contribution in [2.24, 2.45) is 12.5 Å². The monoisotopic (exact) mass is 279 g/mol. The Labute approximate surface area is 122 Å². The maximum atomic E-state index is 5.13. The quantitative estimate of drug-likeness (QED) is 0.779. The van der Waals surface area contributed by atoms with Crippen LogP contribution < -0.4 is 5.32 Å². The molecule has 1 saturated carbocycles. The van der Waals surface area contributed by atoms with Crippen LogP contribution in [0.5, 0.6) is 0 Å². The fourth-order valence-corrected chi connectivity index (χ4v) is 3.46. The Morgan fingerprint density at radius 3 is 2.70 bits per heavy atom. The molecule has 4 nitrogen and oxygen atoms in total. The van der Waals surface area contributed by atoms with Crippen LogP contribution in [0.2, 0.25) is 0 Å². The summed E-state index contributed by atoms with van der Waals surface area (Å²) in [5.74, 6) is 0. The molecule has 1 aliphatic carbocycles. The zero-order valence-electron chi connectivity index (χ0n) is 13.2. The molecule has 0 saturated heterocycles. The molecule has 0 bridgehead atoms. The molecule has 0 spiro atoms. The zero-order valence-corrected chi connectivity index (χ0v) is 13.2. The largest absolute Gasteiger partial charge is 0.383 e. The first-order valence-electron chi connectivity index (χ1n) is 7.84. The fraction of sp³-hybridized carbons (Fsp3) is 0.812. The van der Waals surface area contributed by atoms with Gasteiger partial charge in [0.15, 0.2) is 0 Å². The van der Waals surface area contributed by atoms with E-state index in [2.05, 4.69) is 35.1 Å². The van der Waals surface area contributed by atoms with Gasteiger partial charge in [0.25, 0.3) is 0 Å². The molecule has 2 rings (SSSR count). The number of ether oxygens (including phenoxy) is 1. The number of hydrogen-bond acceptors (Lipinski definition) is 3. The Balaban J connectivity index is 2.00. The van der Waals surface area contributed by atoms with Gasteiger partial charge in [0.1, 0.15) is 0 Å². The normalized spacial score (nSPS) is 18.4. The summed E-state index contributed by atoms with van der Waals surface area (Å²) >= 11 is 0. The third kappa shape index (κ3) is 4.06. The first kappa shape index (κ1) is 15.5. The molecule has 0 atom stereocenters. The van der Waals surface area contributed by atoms with E-state index in [1.807, 2.05) is 0 Å². The minimum absolute atomic E-state index is 0.409. The highest BCUT2D eigenvalue weighted by molar-refractivity contribution is 5.11. The predicted octanol–water partition coefficient (Wildman–Crippen LogP) is 2.46. The highest BCUT2D eigenvalue weighted by atomic mass is 16.5. The number of nitrogens with one attached hydrogen (secondary N) is 1. The second-order valence-electron chi connectivity index (χ2n) is 6.31. The van der Waals surface area contributed by atoms with Crippen LogP contribution in [0.15, 0.2) is 6.07 Å². The van der Waals surface area contributed by atoms with Crippen LogP contribution in [0.4, 0.5) is 0 Å². The number of aromatic nitrogens is 2.